The first-order chi connectivity index (χ1) is 9.69. The highest BCUT2D eigenvalue weighted by Gasteiger charge is 2.15. The second-order valence-corrected chi connectivity index (χ2v) is 4.70. The molecule has 2 aromatic rings. The second-order valence-electron chi connectivity index (χ2n) is 4.70. The molecule has 0 heterocycles. The van der Waals surface area contributed by atoms with Crippen LogP contribution in [0.5, 0.6) is 5.75 Å². The molecule has 0 spiro atoms. The van der Waals surface area contributed by atoms with Crippen molar-refractivity contribution in [1.82, 2.24) is 0 Å². The third-order valence-electron chi connectivity index (χ3n) is 3.18. The molecule has 2 rings (SSSR count). The molecular weight excluding hydrogens is 252 g/mol. The van der Waals surface area contributed by atoms with E-state index in [1.54, 1.807) is 7.11 Å². The van der Waals surface area contributed by atoms with Gasteiger partial charge in [0.1, 0.15) is 11.9 Å². The summed E-state index contributed by atoms with van der Waals surface area (Å²) in [5.74, 6) is 0.603. The van der Waals surface area contributed by atoms with Crippen molar-refractivity contribution in [1.29, 1.82) is 0 Å². The molecule has 0 radical (unpaired) electrons. The molecule has 0 amide bonds. The number of ether oxygens (including phenoxy) is 1. The van der Waals surface area contributed by atoms with E-state index in [1.807, 2.05) is 54.6 Å². The number of aliphatic hydroxyl groups is 1. The van der Waals surface area contributed by atoms with Gasteiger partial charge in [-0.05, 0) is 23.3 Å². The van der Waals surface area contributed by atoms with Gasteiger partial charge in [-0.2, -0.15) is 0 Å². The van der Waals surface area contributed by atoms with Crippen LogP contribution in [0.2, 0.25) is 0 Å². The molecule has 1 atom stereocenters. The van der Waals surface area contributed by atoms with Crippen molar-refractivity contribution >= 4 is 5.78 Å². The minimum absolute atomic E-state index is 0.160. The van der Waals surface area contributed by atoms with Crippen LogP contribution >= 0.6 is 0 Å². The van der Waals surface area contributed by atoms with Crippen LogP contribution in [0.1, 0.15) is 11.1 Å². The largest absolute Gasteiger partial charge is 0.497 e. The molecule has 0 saturated carbocycles. The van der Waals surface area contributed by atoms with E-state index in [0.29, 0.717) is 6.42 Å². The van der Waals surface area contributed by atoms with Crippen molar-refractivity contribution < 1.29 is 14.6 Å². The summed E-state index contributed by atoms with van der Waals surface area (Å²) in [5.41, 5.74) is 1.84. The first kappa shape index (κ1) is 14.3. The number of benzene rings is 2. The zero-order chi connectivity index (χ0) is 14.4. The number of aliphatic hydroxyl groups excluding tert-OH is 1. The van der Waals surface area contributed by atoms with Crippen molar-refractivity contribution in [2.75, 3.05) is 7.11 Å². The Morgan fingerprint density at radius 2 is 1.70 bits per heavy atom. The van der Waals surface area contributed by atoms with Crippen molar-refractivity contribution in [2.24, 2.45) is 0 Å². The minimum Gasteiger partial charge on any atom is -0.497 e. The Bertz CT molecular complexity index is 546. The predicted octanol–water partition coefficient (Wildman–Crippen LogP) is 2.41. The summed E-state index contributed by atoms with van der Waals surface area (Å²) in [5, 5.41) is 9.98. The molecule has 0 bridgehead atoms. The summed E-state index contributed by atoms with van der Waals surface area (Å²) in [6.45, 7) is 0. The number of carbonyl (C=O) groups is 1. The molecule has 1 N–H and O–H groups in total. The zero-order valence-electron chi connectivity index (χ0n) is 11.5. The lowest BCUT2D eigenvalue weighted by molar-refractivity contribution is -0.126. The molecule has 2 aromatic carbocycles. The van der Waals surface area contributed by atoms with Gasteiger partial charge in [0.15, 0.2) is 5.78 Å². The van der Waals surface area contributed by atoms with Crippen LogP contribution in [-0.2, 0) is 17.6 Å². The van der Waals surface area contributed by atoms with Crippen LogP contribution < -0.4 is 4.74 Å². The number of methoxy groups -OCH3 is 1. The molecule has 0 fully saturated rings. The van der Waals surface area contributed by atoms with E-state index in [9.17, 15) is 9.90 Å². The van der Waals surface area contributed by atoms with Crippen LogP contribution in [0.25, 0.3) is 0 Å². The van der Waals surface area contributed by atoms with Gasteiger partial charge >= 0.3 is 0 Å². The standard InChI is InChI=1S/C17H18O3/c1-20-15-9-7-14(8-10-15)12-17(19)16(18)11-13-5-3-2-4-6-13/h2-10,17,19H,11-12H2,1H3. The van der Waals surface area contributed by atoms with Gasteiger partial charge in [0.25, 0.3) is 0 Å². The summed E-state index contributed by atoms with van der Waals surface area (Å²) in [4.78, 5) is 12.0. The van der Waals surface area contributed by atoms with Gasteiger partial charge < -0.3 is 9.84 Å². The molecule has 20 heavy (non-hydrogen) atoms. The highest BCUT2D eigenvalue weighted by molar-refractivity contribution is 5.85. The van der Waals surface area contributed by atoms with E-state index in [1.165, 1.54) is 0 Å². The lowest BCUT2D eigenvalue weighted by atomic mass is 10.00. The Labute approximate surface area is 118 Å². The number of ketones is 1. The van der Waals surface area contributed by atoms with E-state index >= 15 is 0 Å². The van der Waals surface area contributed by atoms with Crippen LogP contribution in [-0.4, -0.2) is 24.1 Å². The van der Waals surface area contributed by atoms with Gasteiger partial charge in [-0.25, -0.2) is 0 Å². The number of carbonyl (C=O) groups excluding carboxylic acids is 1. The van der Waals surface area contributed by atoms with E-state index in [2.05, 4.69) is 0 Å². The van der Waals surface area contributed by atoms with Crippen LogP contribution in [0.3, 0.4) is 0 Å². The predicted molar refractivity (Wildman–Crippen MR) is 77.9 cm³/mol. The van der Waals surface area contributed by atoms with Gasteiger partial charge in [0, 0.05) is 12.8 Å². The quantitative estimate of drug-likeness (QED) is 0.876. The van der Waals surface area contributed by atoms with Crippen molar-refractivity contribution in [3.63, 3.8) is 0 Å². The molecule has 104 valence electrons. The molecule has 1 unspecified atom stereocenters. The molecule has 0 aromatic heterocycles. The van der Waals surface area contributed by atoms with Crippen LogP contribution in [0.4, 0.5) is 0 Å². The Morgan fingerprint density at radius 3 is 2.30 bits per heavy atom. The lowest BCUT2D eigenvalue weighted by Crippen LogP contribution is -2.24. The minimum atomic E-state index is -0.969. The number of rotatable bonds is 6. The van der Waals surface area contributed by atoms with E-state index in [-0.39, 0.29) is 12.2 Å². The van der Waals surface area contributed by atoms with Crippen LogP contribution in [0.15, 0.2) is 54.6 Å². The third-order valence-corrected chi connectivity index (χ3v) is 3.18. The van der Waals surface area contributed by atoms with Crippen molar-refractivity contribution in [3.8, 4) is 5.75 Å². The van der Waals surface area contributed by atoms with Gasteiger partial charge in [0.2, 0.25) is 0 Å². The fraction of sp³-hybridized carbons (Fsp3) is 0.235. The molecular formula is C17H18O3. The van der Waals surface area contributed by atoms with Gasteiger partial charge in [0.05, 0.1) is 7.11 Å². The monoisotopic (exact) mass is 270 g/mol. The Morgan fingerprint density at radius 1 is 1.05 bits per heavy atom. The summed E-state index contributed by atoms with van der Waals surface area (Å²) < 4.78 is 5.07. The van der Waals surface area contributed by atoms with E-state index in [4.69, 9.17) is 4.74 Å². The lowest BCUT2D eigenvalue weighted by Gasteiger charge is -2.10. The van der Waals surface area contributed by atoms with E-state index < -0.39 is 6.10 Å². The second kappa shape index (κ2) is 6.87. The van der Waals surface area contributed by atoms with Crippen molar-refractivity contribution in [3.05, 3.63) is 65.7 Å². The normalized spacial score (nSPS) is 11.9. The van der Waals surface area contributed by atoms with Crippen molar-refractivity contribution in [2.45, 2.75) is 18.9 Å². The third kappa shape index (κ3) is 3.93. The topological polar surface area (TPSA) is 46.5 Å². The Kier molecular flexibility index (Phi) is 4.91. The maximum absolute atomic E-state index is 12.0. The average Bonchev–Trinajstić information content (AvgIpc) is 2.49. The summed E-state index contributed by atoms with van der Waals surface area (Å²) >= 11 is 0. The summed E-state index contributed by atoms with van der Waals surface area (Å²) in [6, 6.07) is 16.8. The molecule has 0 saturated heterocycles. The first-order valence-corrected chi connectivity index (χ1v) is 6.56. The SMILES string of the molecule is COc1ccc(CC(O)C(=O)Cc2ccccc2)cc1. The fourth-order valence-corrected chi connectivity index (χ4v) is 2.01. The summed E-state index contributed by atoms with van der Waals surface area (Å²) in [6.07, 6.45) is -0.378. The first-order valence-electron chi connectivity index (χ1n) is 6.56. The number of hydrogen-bond acceptors (Lipinski definition) is 3. The summed E-state index contributed by atoms with van der Waals surface area (Å²) in [7, 11) is 1.60. The molecule has 0 aliphatic heterocycles. The van der Waals surface area contributed by atoms with Gasteiger partial charge in [-0.3, -0.25) is 4.79 Å². The maximum Gasteiger partial charge on any atom is 0.165 e. The Balaban J connectivity index is 1.93. The highest BCUT2D eigenvalue weighted by Crippen LogP contribution is 2.13. The molecule has 0 aliphatic carbocycles. The molecule has 3 heteroatoms. The smallest absolute Gasteiger partial charge is 0.165 e. The molecule has 0 aliphatic rings. The maximum atomic E-state index is 12.0. The zero-order valence-corrected chi connectivity index (χ0v) is 11.5. The fourth-order valence-electron chi connectivity index (χ4n) is 2.01. The number of Topliss-reactive ketones (excluding diaryl/α,β-unsaturated/α-hetero) is 1. The highest BCUT2D eigenvalue weighted by atomic mass is 16.5. The molecule has 3 nitrogen and oxygen atoms in total. The number of hydrogen-bond donors (Lipinski definition) is 1. The van der Waals surface area contributed by atoms with Crippen LogP contribution in [0, 0.1) is 0 Å². The van der Waals surface area contributed by atoms with E-state index in [0.717, 1.165) is 16.9 Å². The average molecular weight is 270 g/mol. The van der Waals surface area contributed by atoms with Gasteiger partial charge in [-0.15, -0.1) is 0 Å². The Hall–Kier alpha value is -2.13. The van der Waals surface area contributed by atoms with Gasteiger partial charge in [-0.1, -0.05) is 42.5 Å².